The van der Waals surface area contributed by atoms with Crippen LogP contribution in [0.25, 0.3) is 22.4 Å². The second-order valence-corrected chi connectivity index (χ2v) is 6.12. The van der Waals surface area contributed by atoms with Crippen LogP contribution in [0, 0.1) is 6.92 Å². The van der Waals surface area contributed by atoms with Gasteiger partial charge in [0.25, 0.3) is 5.91 Å². The van der Waals surface area contributed by atoms with Crippen LogP contribution in [-0.2, 0) is 0 Å². The number of carbonyl (C=O) groups is 1. The van der Waals surface area contributed by atoms with Gasteiger partial charge in [-0.15, -0.1) is 11.3 Å². The lowest BCUT2D eigenvalue weighted by atomic mass is 10.1. The summed E-state index contributed by atoms with van der Waals surface area (Å²) in [5.41, 5.74) is 3.97. The first-order valence-corrected chi connectivity index (χ1v) is 7.85. The number of rotatable bonds is 3. The number of nitrogens with zero attached hydrogens (tertiary/aromatic N) is 1. The molecule has 1 aromatic heterocycles. The average molecular weight is 308 g/mol. The molecule has 1 N–H and O–H groups in total. The molecule has 0 bridgehead atoms. The molecule has 3 aromatic rings. The van der Waals surface area contributed by atoms with E-state index in [1.807, 2.05) is 36.4 Å². The van der Waals surface area contributed by atoms with E-state index in [1.54, 1.807) is 18.4 Å². The Bertz CT molecular complexity index is 847. The number of nitrogens with one attached hydrogen (secondary N) is 1. The summed E-state index contributed by atoms with van der Waals surface area (Å²) in [5, 5.41) is 3.60. The number of carbonyl (C=O) groups excluding carboxylic acids is 1. The molecule has 0 spiro atoms. The largest absolute Gasteiger partial charge is 0.355 e. The molecule has 0 saturated heterocycles. The van der Waals surface area contributed by atoms with Crippen LogP contribution in [0.3, 0.4) is 0 Å². The fourth-order valence-corrected chi connectivity index (χ4v) is 3.03. The van der Waals surface area contributed by atoms with Gasteiger partial charge in [-0.1, -0.05) is 24.3 Å². The summed E-state index contributed by atoms with van der Waals surface area (Å²) in [7, 11) is 1.63. The van der Waals surface area contributed by atoms with E-state index in [1.165, 1.54) is 10.3 Å². The summed E-state index contributed by atoms with van der Waals surface area (Å²) in [5.74, 6) is -0.0722. The molecular weight excluding hydrogens is 292 g/mol. The third-order valence-electron chi connectivity index (χ3n) is 3.38. The van der Waals surface area contributed by atoms with Crippen molar-refractivity contribution in [2.75, 3.05) is 7.05 Å². The van der Waals surface area contributed by atoms with Gasteiger partial charge in [-0.2, -0.15) is 0 Å². The van der Waals surface area contributed by atoms with Gasteiger partial charge < -0.3 is 5.32 Å². The SMILES string of the molecule is CNC(=O)c1ccc(/C=C/c2nc3cc(C)ccc3s2)cc1. The third kappa shape index (κ3) is 3.07. The lowest BCUT2D eigenvalue weighted by Gasteiger charge is -1.99. The van der Waals surface area contributed by atoms with Crippen LogP contribution in [-0.4, -0.2) is 17.9 Å². The fraction of sp³-hybridized carbons (Fsp3) is 0.111. The predicted octanol–water partition coefficient (Wildman–Crippen LogP) is 4.13. The summed E-state index contributed by atoms with van der Waals surface area (Å²) in [6.07, 6.45) is 4.02. The number of hydrogen-bond donors (Lipinski definition) is 1. The highest BCUT2D eigenvalue weighted by atomic mass is 32.1. The van der Waals surface area contributed by atoms with Gasteiger partial charge in [0.05, 0.1) is 10.2 Å². The normalized spacial score (nSPS) is 11.2. The maximum Gasteiger partial charge on any atom is 0.251 e. The van der Waals surface area contributed by atoms with Crippen LogP contribution in [0.1, 0.15) is 26.5 Å². The Balaban J connectivity index is 1.81. The first-order chi connectivity index (χ1) is 10.7. The summed E-state index contributed by atoms with van der Waals surface area (Å²) in [6, 6.07) is 13.8. The van der Waals surface area contributed by atoms with Crippen molar-refractivity contribution < 1.29 is 4.79 Å². The Labute approximate surface area is 133 Å². The van der Waals surface area contributed by atoms with E-state index in [0.29, 0.717) is 5.56 Å². The van der Waals surface area contributed by atoms with Crippen LogP contribution in [0.2, 0.25) is 0 Å². The number of hydrogen-bond acceptors (Lipinski definition) is 3. The number of benzene rings is 2. The van der Waals surface area contributed by atoms with Crippen molar-refractivity contribution in [3.63, 3.8) is 0 Å². The van der Waals surface area contributed by atoms with Crippen molar-refractivity contribution in [1.29, 1.82) is 0 Å². The lowest BCUT2D eigenvalue weighted by molar-refractivity contribution is 0.0963. The van der Waals surface area contributed by atoms with E-state index >= 15 is 0 Å². The minimum atomic E-state index is -0.0722. The monoisotopic (exact) mass is 308 g/mol. The molecule has 0 aliphatic rings. The predicted molar refractivity (Wildman–Crippen MR) is 93.1 cm³/mol. The number of fused-ring (bicyclic) bond motifs is 1. The first kappa shape index (κ1) is 14.5. The topological polar surface area (TPSA) is 42.0 Å². The molecule has 0 unspecified atom stereocenters. The summed E-state index contributed by atoms with van der Waals surface area (Å²) in [6.45, 7) is 2.07. The van der Waals surface area contributed by atoms with Crippen LogP contribution in [0.5, 0.6) is 0 Å². The van der Waals surface area contributed by atoms with Crippen molar-refractivity contribution in [3.05, 3.63) is 64.2 Å². The van der Waals surface area contributed by atoms with Crippen LogP contribution in [0.15, 0.2) is 42.5 Å². The highest BCUT2D eigenvalue weighted by Crippen LogP contribution is 2.24. The average Bonchev–Trinajstić information content (AvgIpc) is 2.94. The molecule has 2 aromatic carbocycles. The van der Waals surface area contributed by atoms with Crippen molar-refractivity contribution in [2.45, 2.75) is 6.92 Å². The van der Waals surface area contributed by atoms with E-state index in [9.17, 15) is 4.79 Å². The van der Waals surface area contributed by atoms with Gasteiger partial charge in [-0.05, 0) is 48.4 Å². The van der Waals surface area contributed by atoms with Gasteiger partial charge >= 0.3 is 0 Å². The Morgan fingerprint density at radius 3 is 2.64 bits per heavy atom. The zero-order valence-corrected chi connectivity index (χ0v) is 13.3. The molecular formula is C18H16N2OS. The highest BCUT2D eigenvalue weighted by molar-refractivity contribution is 7.19. The second kappa shape index (κ2) is 6.12. The zero-order chi connectivity index (χ0) is 15.5. The van der Waals surface area contributed by atoms with Crippen molar-refractivity contribution >= 4 is 39.6 Å². The minimum absolute atomic E-state index is 0.0722. The standard InChI is InChI=1S/C18H16N2OS/c1-12-3-9-16-15(11-12)20-17(22-16)10-6-13-4-7-14(8-5-13)18(21)19-2/h3-11H,1-2H3,(H,19,21)/b10-6+. The van der Waals surface area contributed by atoms with Gasteiger partial charge in [-0.3, -0.25) is 4.79 Å². The number of aryl methyl sites for hydroxylation is 1. The molecule has 1 amide bonds. The van der Waals surface area contributed by atoms with Gasteiger partial charge in [0.1, 0.15) is 5.01 Å². The Kier molecular flexibility index (Phi) is 4.02. The second-order valence-electron chi connectivity index (χ2n) is 5.06. The fourth-order valence-electron chi connectivity index (χ4n) is 2.18. The third-order valence-corrected chi connectivity index (χ3v) is 4.38. The molecule has 0 aliphatic carbocycles. The lowest BCUT2D eigenvalue weighted by Crippen LogP contribution is -2.17. The quantitative estimate of drug-likeness (QED) is 0.790. The summed E-state index contributed by atoms with van der Waals surface area (Å²) in [4.78, 5) is 16.1. The maximum atomic E-state index is 11.5. The molecule has 0 atom stereocenters. The molecule has 3 rings (SSSR count). The molecule has 1 heterocycles. The molecule has 3 nitrogen and oxygen atoms in total. The van der Waals surface area contributed by atoms with Crippen molar-refractivity contribution in [3.8, 4) is 0 Å². The summed E-state index contributed by atoms with van der Waals surface area (Å²) >= 11 is 1.67. The van der Waals surface area contributed by atoms with E-state index < -0.39 is 0 Å². The van der Waals surface area contributed by atoms with Gasteiger partial charge in [0.2, 0.25) is 0 Å². The van der Waals surface area contributed by atoms with E-state index in [2.05, 4.69) is 35.4 Å². The molecule has 0 aliphatic heterocycles. The number of amides is 1. The van der Waals surface area contributed by atoms with Crippen LogP contribution >= 0.6 is 11.3 Å². The molecule has 4 heteroatoms. The molecule has 0 fully saturated rings. The Hall–Kier alpha value is -2.46. The molecule has 110 valence electrons. The van der Waals surface area contributed by atoms with Crippen LogP contribution in [0.4, 0.5) is 0 Å². The Morgan fingerprint density at radius 1 is 1.14 bits per heavy atom. The van der Waals surface area contributed by atoms with Crippen LogP contribution < -0.4 is 5.32 Å². The van der Waals surface area contributed by atoms with Gasteiger partial charge in [0.15, 0.2) is 0 Å². The smallest absolute Gasteiger partial charge is 0.251 e. The molecule has 0 saturated carbocycles. The van der Waals surface area contributed by atoms with E-state index in [4.69, 9.17) is 0 Å². The maximum absolute atomic E-state index is 11.5. The summed E-state index contributed by atoms with van der Waals surface area (Å²) < 4.78 is 1.19. The highest BCUT2D eigenvalue weighted by Gasteiger charge is 2.02. The molecule has 0 radical (unpaired) electrons. The minimum Gasteiger partial charge on any atom is -0.355 e. The zero-order valence-electron chi connectivity index (χ0n) is 12.5. The first-order valence-electron chi connectivity index (χ1n) is 7.03. The van der Waals surface area contributed by atoms with Crippen molar-refractivity contribution in [1.82, 2.24) is 10.3 Å². The van der Waals surface area contributed by atoms with Gasteiger partial charge in [-0.25, -0.2) is 4.98 Å². The Morgan fingerprint density at radius 2 is 1.91 bits per heavy atom. The van der Waals surface area contributed by atoms with E-state index in [0.717, 1.165) is 16.1 Å². The number of thiazole rings is 1. The van der Waals surface area contributed by atoms with Crippen molar-refractivity contribution in [2.24, 2.45) is 0 Å². The van der Waals surface area contributed by atoms with Gasteiger partial charge in [0, 0.05) is 12.6 Å². The molecule has 22 heavy (non-hydrogen) atoms. The number of aromatic nitrogens is 1. The van der Waals surface area contributed by atoms with E-state index in [-0.39, 0.29) is 5.91 Å².